The van der Waals surface area contributed by atoms with Gasteiger partial charge in [0.25, 0.3) is 0 Å². The van der Waals surface area contributed by atoms with Gasteiger partial charge in [-0.15, -0.1) is 0 Å². The Balaban J connectivity index is 1.41. The minimum atomic E-state index is -0.261. The van der Waals surface area contributed by atoms with Crippen molar-refractivity contribution >= 4 is 27.8 Å². The zero-order valence-corrected chi connectivity index (χ0v) is 16.4. The van der Waals surface area contributed by atoms with Crippen molar-refractivity contribution in [3.63, 3.8) is 0 Å². The summed E-state index contributed by atoms with van der Waals surface area (Å²) in [7, 11) is 0. The van der Waals surface area contributed by atoms with E-state index < -0.39 is 0 Å². The van der Waals surface area contributed by atoms with Crippen LogP contribution in [-0.2, 0) is 11.3 Å². The molecular weight excluding hydrogens is 372 g/mol. The summed E-state index contributed by atoms with van der Waals surface area (Å²) in [4.78, 5) is 17.5. The van der Waals surface area contributed by atoms with E-state index in [4.69, 9.17) is 9.72 Å². The Kier molecular flexibility index (Phi) is 4.74. The number of aromatic nitrogens is 2. The van der Waals surface area contributed by atoms with Gasteiger partial charge in [-0.1, -0.05) is 78.9 Å². The number of hydrogen-bond donors (Lipinski definition) is 0. The Morgan fingerprint density at radius 1 is 0.800 bits per heavy atom. The van der Waals surface area contributed by atoms with Gasteiger partial charge in [0.2, 0.25) is 0 Å². The molecule has 0 fully saturated rings. The van der Waals surface area contributed by atoms with Gasteiger partial charge in [-0.05, 0) is 23.6 Å². The predicted molar refractivity (Wildman–Crippen MR) is 119 cm³/mol. The third-order valence-corrected chi connectivity index (χ3v) is 5.20. The molecule has 0 bridgehead atoms. The average Bonchev–Trinajstić information content (AvgIpc) is 3.17. The normalized spacial score (nSPS) is 11.1. The van der Waals surface area contributed by atoms with Crippen LogP contribution in [0.25, 0.3) is 33.2 Å². The molecule has 0 saturated heterocycles. The number of benzene rings is 4. The summed E-state index contributed by atoms with van der Waals surface area (Å²) >= 11 is 0. The molecule has 1 heterocycles. The fraction of sp³-hybridized carbons (Fsp3) is 0.0769. The third kappa shape index (κ3) is 3.44. The highest BCUT2D eigenvalue weighted by Crippen LogP contribution is 2.27. The van der Waals surface area contributed by atoms with Crippen LogP contribution in [0.5, 0.6) is 5.75 Å². The number of para-hydroxylation sites is 2. The van der Waals surface area contributed by atoms with Gasteiger partial charge in [-0.3, -0.25) is 4.79 Å². The lowest BCUT2D eigenvalue weighted by molar-refractivity contribution is -0.134. The number of esters is 1. The van der Waals surface area contributed by atoms with Gasteiger partial charge in [0.05, 0.1) is 17.5 Å². The van der Waals surface area contributed by atoms with Crippen LogP contribution in [0, 0.1) is 0 Å². The van der Waals surface area contributed by atoms with Crippen molar-refractivity contribution in [3.05, 3.63) is 97.1 Å². The maximum atomic E-state index is 12.7. The molecule has 4 heteroatoms. The molecule has 0 N–H and O–H groups in total. The number of rotatable bonds is 5. The van der Waals surface area contributed by atoms with Crippen LogP contribution in [0.1, 0.15) is 6.42 Å². The lowest BCUT2D eigenvalue weighted by atomic mass is 10.1. The topological polar surface area (TPSA) is 44.1 Å². The zero-order chi connectivity index (χ0) is 20.3. The molecule has 5 rings (SSSR count). The van der Waals surface area contributed by atoms with Crippen LogP contribution in [0.2, 0.25) is 0 Å². The summed E-state index contributed by atoms with van der Waals surface area (Å²) in [5.41, 5.74) is 2.95. The molecular formula is C26H20N2O2. The highest BCUT2D eigenvalue weighted by atomic mass is 16.5. The van der Waals surface area contributed by atoms with Gasteiger partial charge < -0.3 is 9.30 Å². The molecule has 0 aliphatic rings. The SMILES string of the molecule is O=C(CCn1c(-c2ccccc2)nc2ccccc21)Oc1cccc2ccccc12. The molecule has 0 amide bonds. The summed E-state index contributed by atoms with van der Waals surface area (Å²) in [5.74, 6) is 1.19. The van der Waals surface area contributed by atoms with Gasteiger partial charge >= 0.3 is 5.97 Å². The van der Waals surface area contributed by atoms with Gasteiger partial charge in [-0.25, -0.2) is 4.98 Å². The van der Waals surface area contributed by atoms with Crippen LogP contribution in [-0.4, -0.2) is 15.5 Å². The largest absolute Gasteiger partial charge is 0.426 e. The first kappa shape index (κ1) is 18.1. The molecule has 0 spiro atoms. The summed E-state index contributed by atoms with van der Waals surface area (Å²) in [5, 5.41) is 1.99. The Labute approximate surface area is 174 Å². The summed E-state index contributed by atoms with van der Waals surface area (Å²) in [6.07, 6.45) is 0.253. The lowest BCUT2D eigenvalue weighted by Gasteiger charge is -2.11. The van der Waals surface area contributed by atoms with Crippen LogP contribution in [0.15, 0.2) is 97.1 Å². The van der Waals surface area contributed by atoms with Gasteiger partial charge in [0, 0.05) is 17.5 Å². The number of fused-ring (bicyclic) bond motifs is 2. The Hall–Kier alpha value is -3.92. The smallest absolute Gasteiger partial charge is 0.313 e. The van der Waals surface area contributed by atoms with Crippen molar-refractivity contribution < 1.29 is 9.53 Å². The minimum absolute atomic E-state index is 0.253. The van der Waals surface area contributed by atoms with E-state index in [1.54, 1.807) is 0 Å². The summed E-state index contributed by atoms with van der Waals surface area (Å²) < 4.78 is 7.80. The van der Waals surface area contributed by atoms with E-state index in [1.165, 1.54) is 0 Å². The second-order valence-corrected chi connectivity index (χ2v) is 7.14. The van der Waals surface area contributed by atoms with Gasteiger partial charge in [0.15, 0.2) is 0 Å². The predicted octanol–water partition coefficient (Wildman–Crippen LogP) is 5.85. The number of aryl methyl sites for hydroxylation is 1. The van der Waals surface area contributed by atoms with Crippen LogP contribution >= 0.6 is 0 Å². The summed E-state index contributed by atoms with van der Waals surface area (Å²) in [6, 6.07) is 31.7. The molecule has 4 aromatic carbocycles. The molecule has 30 heavy (non-hydrogen) atoms. The van der Waals surface area contributed by atoms with Crippen molar-refractivity contribution in [1.82, 2.24) is 9.55 Å². The molecule has 1 aromatic heterocycles. The van der Waals surface area contributed by atoms with Crippen molar-refractivity contribution in [3.8, 4) is 17.1 Å². The molecule has 0 aliphatic carbocycles. The van der Waals surface area contributed by atoms with Gasteiger partial charge in [-0.2, -0.15) is 0 Å². The lowest BCUT2D eigenvalue weighted by Crippen LogP contribution is -2.12. The Morgan fingerprint density at radius 2 is 1.53 bits per heavy atom. The van der Waals surface area contributed by atoms with Crippen LogP contribution < -0.4 is 4.74 Å². The van der Waals surface area contributed by atoms with E-state index in [2.05, 4.69) is 4.57 Å². The Bertz CT molecular complexity index is 1330. The van der Waals surface area contributed by atoms with Crippen LogP contribution in [0.4, 0.5) is 0 Å². The quantitative estimate of drug-likeness (QED) is 0.278. The van der Waals surface area contributed by atoms with Crippen molar-refractivity contribution in [1.29, 1.82) is 0 Å². The Morgan fingerprint density at radius 3 is 2.43 bits per heavy atom. The van der Waals surface area contributed by atoms with Gasteiger partial charge in [0.1, 0.15) is 11.6 Å². The fourth-order valence-electron chi connectivity index (χ4n) is 3.77. The number of ether oxygens (including phenoxy) is 1. The van der Waals surface area contributed by atoms with Crippen molar-refractivity contribution in [2.24, 2.45) is 0 Å². The van der Waals surface area contributed by atoms with E-state index >= 15 is 0 Å². The maximum absolute atomic E-state index is 12.7. The van der Waals surface area contributed by atoms with E-state index in [1.807, 2.05) is 97.1 Å². The van der Waals surface area contributed by atoms with E-state index in [0.717, 1.165) is 33.2 Å². The third-order valence-electron chi connectivity index (χ3n) is 5.20. The number of carbonyl (C=O) groups is 1. The zero-order valence-electron chi connectivity index (χ0n) is 16.4. The number of hydrogen-bond acceptors (Lipinski definition) is 3. The molecule has 0 aliphatic heterocycles. The van der Waals surface area contributed by atoms with E-state index in [0.29, 0.717) is 12.3 Å². The second kappa shape index (κ2) is 7.84. The monoisotopic (exact) mass is 392 g/mol. The second-order valence-electron chi connectivity index (χ2n) is 7.14. The number of imidazole rings is 1. The first-order chi connectivity index (χ1) is 14.8. The van der Waals surface area contributed by atoms with Crippen LogP contribution in [0.3, 0.4) is 0 Å². The van der Waals surface area contributed by atoms with E-state index in [-0.39, 0.29) is 12.4 Å². The highest BCUT2D eigenvalue weighted by molar-refractivity contribution is 5.90. The maximum Gasteiger partial charge on any atom is 0.313 e. The summed E-state index contributed by atoms with van der Waals surface area (Å²) in [6.45, 7) is 0.494. The molecule has 4 nitrogen and oxygen atoms in total. The van der Waals surface area contributed by atoms with Crippen molar-refractivity contribution in [2.45, 2.75) is 13.0 Å². The molecule has 5 aromatic rings. The fourth-order valence-corrected chi connectivity index (χ4v) is 3.77. The number of carbonyl (C=O) groups excluding carboxylic acids is 1. The van der Waals surface area contributed by atoms with E-state index in [9.17, 15) is 4.79 Å². The molecule has 0 saturated carbocycles. The average molecular weight is 392 g/mol. The first-order valence-electron chi connectivity index (χ1n) is 9.99. The first-order valence-corrected chi connectivity index (χ1v) is 9.99. The minimum Gasteiger partial charge on any atom is -0.426 e. The molecule has 0 unspecified atom stereocenters. The standard InChI is InChI=1S/C26H20N2O2/c29-25(30-24-16-8-12-19-9-4-5-13-21(19)24)17-18-28-23-15-7-6-14-22(23)27-26(28)20-10-2-1-3-11-20/h1-16H,17-18H2. The van der Waals surface area contributed by atoms with Crippen molar-refractivity contribution in [2.75, 3.05) is 0 Å². The number of nitrogens with zero attached hydrogens (tertiary/aromatic N) is 2. The molecule has 0 radical (unpaired) electrons. The highest BCUT2D eigenvalue weighted by Gasteiger charge is 2.15. The molecule has 0 atom stereocenters. The molecule has 146 valence electrons.